The van der Waals surface area contributed by atoms with Crippen LogP contribution in [0.15, 0.2) is 0 Å². The fourth-order valence-electron chi connectivity index (χ4n) is 1.84. The quantitative estimate of drug-likeness (QED) is 0.565. The van der Waals surface area contributed by atoms with Gasteiger partial charge in [-0.05, 0) is 0 Å². The third kappa shape index (κ3) is 2.10. The summed E-state index contributed by atoms with van der Waals surface area (Å²) in [6.07, 6.45) is 4.62. The van der Waals surface area contributed by atoms with Gasteiger partial charge < -0.3 is 0 Å². The van der Waals surface area contributed by atoms with Crippen molar-refractivity contribution in [2.75, 3.05) is 6.61 Å². The van der Waals surface area contributed by atoms with Gasteiger partial charge in [0.25, 0.3) is 0 Å². The molecule has 0 amide bonds. The van der Waals surface area contributed by atoms with Gasteiger partial charge in [0, 0.05) is 0 Å². The van der Waals surface area contributed by atoms with Crippen molar-refractivity contribution in [2.45, 2.75) is 52.1 Å². The van der Waals surface area contributed by atoms with Crippen LogP contribution in [-0.2, 0) is 22.6 Å². The van der Waals surface area contributed by atoms with Crippen LogP contribution in [0.4, 0.5) is 0 Å². The van der Waals surface area contributed by atoms with Crippen molar-refractivity contribution in [1.29, 1.82) is 0 Å². The van der Waals surface area contributed by atoms with Crippen molar-refractivity contribution in [1.82, 2.24) is 0 Å². The fourth-order valence-corrected chi connectivity index (χ4v) is 5.53. The second-order valence-electron chi connectivity index (χ2n) is 4.47. The van der Waals surface area contributed by atoms with Gasteiger partial charge in [-0.3, -0.25) is 0 Å². The van der Waals surface area contributed by atoms with Crippen LogP contribution >= 0.6 is 7.74 Å². The summed E-state index contributed by atoms with van der Waals surface area (Å²) in [5.74, 6) is 2.39. The molecule has 0 N–H and O–H groups in total. The first-order valence-corrected chi connectivity index (χ1v) is 7.59. The molecule has 98 valence electrons. The number of terminal acetylenes is 1. The Balaban J connectivity index is 2.29. The van der Waals surface area contributed by atoms with E-state index >= 15 is 0 Å². The summed E-state index contributed by atoms with van der Waals surface area (Å²) >= 11 is 0. The molecule has 0 saturated carbocycles. The van der Waals surface area contributed by atoms with Gasteiger partial charge in [0.15, 0.2) is 0 Å². The zero-order valence-electron chi connectivity index (χ0n) is 10.6. The van der Waals surface area contributed by atoms with Crippen LogP contribution in [-0.4, -0.2) is 31.0 Å². The van der Waals surface area contributed by atoms with Crippen LogP contribution in [0.2, 0.25) is 0 Å². The van der Waals surface area contributed by atoms with E-state index in [0.717, 1.165) is 0 Å². The Morgan fingerprint density at radius 3 is 1.59 bits per heavy atom. The van der Waals surface area contributed by atoms with E-state index in [4.69, 9.17) is 29.0 Å². The number of rotatable bonds is 2. The third-order valence-corrected chi connectivity index (χ3v) is 6.29. The maximum absolute atomic E-state index is 5.80. The minimum atomic E-state index is -3.92. The summed E-state index contributed by atoms with van der Waals surface area (Å²) in [6, 6.07) is 0. The molecule has 2 aliphatic rings. The van der Waals surface area contributed by atoms with Crippen molar-refractivity contribution in [3.05, 3.63) is 0 Å². The zero-order valence-corrected chi connectivity index (χ0v) is 11.5. The molecule has 2 heterocycles. The Kier molecular flexibility index (Phi) is 3.24. The molecule has 2 rings (SSSR count). The molecule has 6 heteroatoms. The van der Waals surface area contributed by atoms with Gasteiger partial charge in [0.2, 0.25) is 0 Å². The second kappa shape index (κ2) is 4.17. The molecule has 0 radical (unpaired) electrons. The molecule has 4 unspecified atom stereocenters. The predicted molar refractivity (Wildman–Crippen MR) is 63.9 cm³/mol. The topological polar surface area (TPSA) is 46.2 Å². The second-order valence-corrected chi connectivity index (χ2v) is 7.06. The average molecular weight is 262 g/mol. The van der Waals surface area contributed by atoms with Crippen molar-refractivity contribution in [3.8, 4) is 12.3 Å². The molecule has 0 aliphatic carbocycles. The molecule has 0 bridgehead atoms. The SMILES string of the molecule is C#CCOP12(OC(C)C(C)O1)OC(C)C(C)O2. The standard InChI is InChI=1S/C11H19O5P/c1-6-7-12-17(13-8(2)9(3)14-17)15-10(4)11(5)16-17/h1,8-11H,7H2,2-5H3. The van der Waals surface area contributed by atoms with Crippen molar-refractivity contribution < 1.29 is 22.6 Å². The van der Waals surface area contributed by atoms with E-state index in [2.05, 4.69) is 5.92 Å². The molecule has 2 fully saturated rings. The third-order valence-electron chi connectivity index (χ3n) is 3.03. The van der Waals surface area contributed by atoms with Gasteiger partial charge in [-0.1, -0.05) is 0 Å². The molecule has 4 atom stereocenters. The summed E-state index contributed by atoms with van der Waals surface area (Å²) in [5.41, 5.74) is 0. The monoisotopic (exact) mass is 262 g/mol. The zero-order chi connectivity index (χ0) is 12.7. The molecule has 1 spiro atoms. The summed E-state index contributed by atoms with van der Waals surface area (Å²) in [6.45, 7) is 7.62. The Morgan fingerprint density at radius 2 is 1.29 bits per heavy atom. The first-order chi connectivity index (χ1) is 7.90. The predicted octanol–water partition coefficient (Wildman–Crippen LogP) is 2.41. The molecule has 0 aromatic heterocycles. The van der Waals surface area contributed by atoms with Gasteiger partial charge in [0.05, 0.1) is 0 Å². The van der Waals surface area contributed by atoms with Crippen molar-refractivity contribution >= 4 is 7.74 Å². The Morgan fingerprint density at radius 1 is 0.941 bits per heavy atom. The Hall–Kier alpha value is -0.210. The van der Waals surface area contributed by atoms with Gasteiger partial charge >= 0.3 is 101 Å². The van der Waals surface area contributed by atoms with Gasteiger partial charge in [-0.15, -0.1) is 0 Å². The van der Waals surface area contributed by atoms with Crippen LogP contribution in [0.5, 0.6) is 0 Å². The molecule has 0 aromatic rings. The normalized spacial score (nSPS) is 45.2. The molecule has 0 aromatic carbocycles. The minimum absolute atomic E-state index is 0.0384. The summed E-state index contributed by atoms with van der Waals surface area (Å²) in [4.78, 5) is 0. The number of hydrogen-bond acceptors (Lipinski definition) is 5. The van der Waals surface area contributed by atoms with Crippen LogP contribution < -0.4 is 0 Å². The van der Waals surface area contributed by atoms with Crippen molar-refractivity contribution in [2.24, 2.45) is 0 Å². The first-order valence-electron chi connectivity index (χ1n) is 5.76. The van der Waals surface area contributed by atoms with E-state index in [1.165, 1.54) is 0 Å². The Bertz CT molecular complexity index is 301. The van der Waals surface area contributed by atoms with E-state index in [9.17, 15) is 0 Å². The van der Waals surface area contributed by atoms with Crippen LogP contribution in [0.1, 0.15) is 27.7 Å². The summed E-state index contributed by atoms with van der Waals surface area (Å²) in [5, 5.41) is 0. The molecule has 17 heavy (non-hydrogen) atoms. The molecule has 2 saturated heterocycles. The van der Waals surface area contributed by atoms with E-state index in [0.29, 0.717) is 0 Å². The van der Waals surface area contributed by atoms with Crippen LogP contribution in [0.25, 0.3) is 0 Å². The average Bonchev–Trinajstić information content (AvgIpc) is 2.62. The van der Waals surface area contributed by atoms with E-state index < -0.39 is 7.74 Å². The maximum atomic E-state index is 5.80. The van der Waals surface area contributed by atoms with Crippen LogP contribution in [0.3, 0.4) is 0 Å². The molecular weight excluding hydrogens is 243 g/mol. The van der Waals surface area contributed by atoms with E-state index in [1.54, 1.807) is 0 Å². The van der Waals surface area contributed by atoms with Gasteiger partial charge in [0.1, 0.15) is 0 Å². The summed E-state index contributed by atoms with van der Waals surface area (Å²) in [7, 11) is -3.92. The van der Waals surface area contributed by atoms with E-state index in [-0.39, 0.29) is 31.0 Å². The Labute approximate surface area is 102 Å². The molecular formula is C11H19O5P. The fraction of sp³-hybridized carbons (Fsp3) is 0.818. The molecule has 5 nitrogen and oxygen atoms in total. The van der Waals surface area contributed by atoms with Gasteiger partial charge in [-0.2, -0.15) is 0 Å². The summed E-state index contributed by atoms with van der Waals surface area (Å²) < 4.78 is 28.8. The van der Waals surface area contributed by atoms with E-state index in [1.807, 2.05) is 27.7 Å². The van der Waals surface area contributed by atoms with Gasteiger partial charge in [-0.25, -0.2) is 0 Å². The molecule has 2 aliphatic heterocycles. The first kappa shape index (κ1) is 13.2. The number of hydrogen-bond donors (Lipinski definition) is 0. The van der Waals surface area contributed by atoms with Crippen LogP contribution in [0, 0.1) is 12.3 Å². The van der Waals surface area contributed by atoms with Crippen molar-refractivity contribution in [3.63, 3.8) is 0 Å².